The van der Waals surface area contributed by atoms with Crippen LogP contribution in [-0.2, 0) is 33.6 Å². The van der Waals surface area contributed by atoms with Crippen LogP contribution in [0, 0.1) is 17.7 Å². The van der Waals surface area contributed by atoms with E-state index in [1.165, 1.54) is 12.1 Å². The molecule has 1 aromatic heterocycles. The molecule has 1 aliphatic rings. The fourth-order valence-electron chi connectivity index (χ4n) is 4.23. The van der Waals surface area contributed by atoms with Gasteiger partial charge in [0.1, 0.15) is 11.5 Å². The van der Waals surface area contributed by atoms with Crippen LogP contribution in [0.25, 0.3) is 0 Å². The van der Waals surface area contributed by atoms with Crippen LogP contribution in [0.4, 0.5) is 36.4 Å². The van der Waals surface area contributed by atoms with Gasteiger partial charge in [-0.25, -0.2) is 17.9 Å². The number of nitrogens with two attached hydrogens (primary N) is 1. The van der Waals surface area contributed by atoms with E-state index in [1.54, 1.807) is 0 Å². The molecule has 2 aromatic carbocycles. The topological polar surface area (TPSA) is 106 Å². The molecule has 0 saturated heterocycles. The first-order valence-corrected chi connectivity index (χ1v) is 12.8. The van der Waals surface area contributed by atoms with E-state index in [1.807, 2.05) is 0 Å². The van der Waals surface area contributed by atoms with Gasteiger partial charge in [-0.05, 0) is 72.4 Å². The van der Waals surface area contributed by atoms with Gasteiger partial charge < -0.3 is 0 Å². The monoisotopic (exact) mass is 586 g/mol. The van der Waals surface area contributed by atoms with Crippen LogP contribution in [0.15, 0.2) is 53.6 Å². The number of alkyl halides is 6. The number of benzene rings is 2. The van der Waals surface area contributed by atoms with Gasteiger partial charge >= 0.3 is 12.4 Å². The fraction of sp³-hybridized carbons (Fsp3) is 0.240. The minimum absolute atomic E-state index is 0.0207. The minimum Gasteiger partial charge on any atom is -0.300 e. The first kappa shape index (κ1) is 29.0. The molecular weight excluding hydrogens is 569 g/mol. The maximum absolute atomic E-state index is 14.0. The Balaban J connectivity index is 1.74. The predicted molar refractivity (Wildman–Crippen MR) is 127 cm³/mol. The summed E-state index contributed by atoms with van der Waals surface area (Å²) in [7, 11) is -4.11. The van der Waals surface area contributed by atoms with Gasteiger partial charge in [-0.3, -0.25) is 9.69 Å². The molecule has 7 nitrogen and oxygen atoms in total. The number of hydrogen-bond acceptors (Lipinski definition) is 5. The molecule has 1 aliphatic heterocycles. The van der Waals surface area contributed by atoms with E-state index in [0.29, 0.717) is 12.1 Å². The Hall–Kier alpha value is -4.03. The average molecular weight is 586 g/mol. The summed E-state index contributed by atoms with van der Waals surface area (Å²) in [5.41, 5.74) is -3.34. The number of nitrogens with zero attached hydrogens (tertiary/aromatic N) is 3. The van der Waals surface area contributed by atoms with Gasteiger partial charge in [0, 0.05) is 5.69 Å². The normalized spacial score (nSPS) is 16.1. The third-order valence-corrected chi connectivity index (χ3v) is 6.85. The van der Waals surface area contributed by atoms with Crippen molar-refractivity contribution in [2.75, 3.05) is 11.4 Å². The van der Waals surface area contributed by atoms with Crippen LogP contribution >= 0.6 is 0 Å². The molecule has 0 bridgehead atoms. The molecule has 0 spiro atoms. The SMILES string of the molecule is NS(=O)(=O)c1ccc(C#CCN2C(=O)C(c3ccc(C(F)(F)F)cc3C(F)(F)F)CCc3cc(F)ccc32)nn1. The van der Waals surface area contributed by atoms with E-state index < -0.39 is 68.3 Å². The second-order valence-electron chi connectivity index (χ2n) is 8.69. The summed E-state index contributed by atoms with van der Waals surface area (Å²) in [6.45, 7) is -0.422. The number of primary sulfonamides is 1. The molecular formula is C25H17F7N4O3S. The van der Waals surface area contributed by atoms with Crippen molar-refractivity contribution in [1.82, 2.24) is 10.2 Å². The summed E-state index contributed by atoms with van der Waals surface area (Å²) in [6.07, 6.45) is -10.5. The molecule has 40 heavy (non-hydrogen) atoms. The summed E-state index contributed by atoms with van der Waals surface area (Å²) in [5, 5.41) is 11.5. The highest BCUT2D eigenvalue weighted by atomic mass is 32.2. The Morgan fingerprint density at radius 1 is 0.975 bits per heavy atom. The number of halogens is 7. The van der Waals surface area contributed by atoms with E-state index in [4.69, 9.17) is 5.14 Å². The zero-order valence-electron chi connectivity index (χ0n) is 20.0. The number of hydrogen-bond donors (Lipinski definition) is 1. The molecule has 1 atom stereocenters. The Kier molecular flexibility index (Phi) is 7.61. The zero-order chi connectivity index (χ0) is 29.5. The van der Waals surface area contributed by atoms with Crippen molar-refractivity contribution < 1.29 is 43.9 Å². The Morgan fingerprint density at radius 3 is 2.30 bits per heavy atom. The predicted octanol–water partition coefficient (Wildman–Crippen LogP) is 4.42. The molecule has 15 heteroatoms. The molecule has 1 unspecified atom stereocenters. The lowest BCUT2D eigenvalue weighted by molar-refractivity contribution is -0.143. The third kappa shape index (κ3) is 6.23. The van der Waals surface area contributed by atoms with Gasteiger partial charge in [0.05, 0.1) is 23.6 Å². The van der Waals surface area contributed by atoms with Crippen molar-refractivity contribution in [3.8, 4) is 11.8 Å². The van der Waals surface area contributed by atoms with Crippen LogP contribution in [-0.4, -0.2) is 31.1 Å². The highest BCUT2D eigenvalue weighted by molar-refractivity contribution is 7.89. The molecule has 1 amide bonds. The lowest BCUT2D eigenvalue weighted by atomic mass is 9.88. The third-order valence-electron chi connectivity index (χ3n) is 6.05. The van der Waals surface area contributed by atoms with Crippen molar-refractivity contribution in [3.05, 3.63) is 82.3 Å². The van der Waals surface area contributed by atoms with Crippen molar-refractivity contribution in [1.29, 1.82) is 0 Å². The smallest absolute Gasteiger partial charge is 0.300 e. The summed E-state index contributed by atoms with van der Waals surface area (Å²) in [4.78, 5) is 14.6. The Labute approximate surface area is 222 Å². The molecule has 2 N–H and O–H groups in total. The van der Waals surface area contributed by atoms with Crippen molar-refractivity contribution in [2.24, 2.45) is 5.14 Å². The number of carbonyl (C=O) groups is 1. The number of carbonyl (C=O) groups excluding carboxylic acids is 1. The highest BCUT2D eigenvalue weighted by Gasteiger charge is 2.42. The molecule has 0 aliphatic carbocycles. The van der Waals surface area contributed by atoms with Gasteiger partial charge in [0.15, 0.2) is 5.03 Å². The van der Waals surface area contributed by atoms with Gasteiger partial charge in [-0.1, -0.05) is 12.0 Å². The summed E-state index contributed by atoms with van der Waals surface area (Å²) >= 11 is 0. The van der Waals surface area contributed by atoms with E-state index in [0.717, 1.165) is 23.1 Å². The fourth-order valence-corrected chi connectivity index (χ4v) is 4.64. The zero-order valence-corrected chi connectivity index (χ0v) is 20.8. The Bertz CT molecular complexity index is 1630. The van der Waals surface area contributed by atoms with E-state index in [9.17, 15) is 43.9 Å². The van der Waals surface area contributed by atoms with Gasteiger partial charge in [-0.2, -0.15) is 26.3 Å². The molecule has 0 radical (unpaired) electrons. The van der Waals surface area contributed by atoms with Crippen LogP contribution in [0.1, 0.15) is 40.3 Å². The first-order valence-electron chi connectivity index (χ1n) is 11.3. The molecule has 0 saturated carbocycles. The van der Waals surface area contributed by atoms with E-state index in [-0.39, 0.29) is 35.9 Å². The molecule has 3 aromatic rings. The second-order valence-corrected chi connectivity index (χ2v) is 10.2. The largest absolute Gasteiger partial charge is 0.416 e. The van der Waals surface area contributed by atoms with E-state index in [2.05, 4.69) is 22.0 Å². The number of rotatable bonds is 3. The maximum Gasteiger partial charge on any atom is 0.416 e. The van der Waals surface area contributed by atoms with Crippen LogP contribution in [0.2, 0.25) is 0 Å². The average Bonchev–Trinajstić information content (AvgIpc) is 2.98. The van der Waals surface area contributed by atoms with E-state index >= 15 is 0 Å². The number of aryl methyl sites for hydroxylation is 1. The van der Waals surface area contributed by atoms with Crippen molar-refractivity contribution >= 4 is 21.6 Å². The quantitative estimate of drug-likeness (QED) is 0.362. The van der Waals surface area contributed by atoms with Crippen LogP contribution in [0.5, 0.6) is 0 Å². The van der Waals surface area contributed by atoms with Gasteiger partial charge in [0.2, 0.25) is 5.91 Å². The molecule has 0 fully saturated rings. The lowest BCUT2D eigenvalue weighted by Gasteiger charge is -2.26. The molecule has 2 heterocycles. The number of fused-ring (bicyclic) bond motifs is 1. The summed E-state index contributed by atoms with van der Waals surface area (Å²) in [5.74, 6) is 2.06. The Morgan fingerprint density at radius 2 is 1.70 bits per heavy atom. The maximum atomic E-state index is 14.0. The minimum atomic E-state index is -5.20. The standard InChI is InChI=1S/C25H17F7N4O3S/c26-16-5-9-21-14(12-16)3-7-19(18-8-4-15(24(27,28)29)13-20(18)25(30,31)32)23(37)36(21)11-1-2-17-6-10-22(35-34-17)40(33,38)39/h4-6,8-10,12-13,19H,3,7,11H2,(H2,33,38,39). The molecule has 4 rings (SSSR count). The van der Waals surface area contributed by atoms with Crippen molar-refractivity contribution in [3.63, 3.8) is 0 Å². The number of aromatic nitrogens is 2. The van der Waals surface area contributed by atoms with Crippen molar-refractivity contribution in [2.45, 2.75) is 36.1 Å². The van der Waals surface area contributed by atoms with Crippen LogP contribution in [0.3, 0.4) is 0 Å². The lowest BCUT2D eigenvalue weighted by Crippen LogP contribution is -2.35. The number of sulfonamides is 1. The summed E-state index contributed by atoms with van der Waals surface area (Å²) in [6, 6.07) is 6.72. The van der Waals surface area contributed by atoms with Crippen LogP contribution < -0.4 is 10.0 Å². The number of anilines is 1. The number of amides is 1. The van der Waals surface area contributed by atoms with Gasteiger partial charge in [0.25, 0.3) is 10.0 Å². The summed E-state index contributed by atoms with van der Waals surface area (Å²) < 4.78 is 118. The second kappa shape index (κ2) is 10.5. The molecule has 210 valence electrons. The highest BCUT2D eigenvalue weighted by Crippen LogP contribution is 2.42. The van der Waals surface area contributed by atoms with Gasteiger partial charge in [-0.15, -0.1) is 10.2 Å². The first-order chi connectivity index (χ1) is 18.6.